The Morgan fingerprint density at radius 1 is 1.00 bits per heavy atom. The molecule has 2 aromatic rings. The molecule has 0 saturated carbocycles. The standard InChI is InChI=1S/C20H19NO4S/c1-25-16-10-6-5-9-15(16)17-18(26-12-11-22)20(24)21(19(17)23)13-14-7-3-2-4-8-14/h2-10,22H,11-13H2,1H3. The quantitative estimate of drug-likeness (QED) is 0.760. The molecule has 1 N–H and O–H groups in total. The third-order valence-corrected chi connectivity index (χ3v) is 5.08. The van der Waals surface area contributed by atoms with E-state index in [2.05, 4.69) is 0 Å². The topological polar surface area (TPSA) is 66.8 Å². The van der Waals surface area contributed by atoms with Crippen LogP contribution in [0.15, 0.2) is 59.5 Å². The van der Waals surface area contributed by atoms with Crippen LogP contribution in [0, 0.1) is 0 Å². The molecule has 0 atom stereocenters. The van der Waals surface area contributed by atoms with Crippen LogP contribution in [0.4, 0.5) is 0 Å². The maximum Gasteiger partial charge on any atom is 0.268 e. The van der Waals surface area contributed by atoms with Gasteiger partial charge in [-0.3, -0.25) is 14.5 Å². The maximum atomic E-state index is 13.1. The second-order valence-electron chi connectivity index (χ2n) is 5.66. The van der Waals surface area contributed by atoms with E-state index in [-0.39, 0.29) is 25.0 Å². The van der Waals surface area contributed by atoms with Gasteiger partial charge in [-0.2, -0.15) is 0 Å². The van der Waals surface area contributed by atoms with E-state index in [0.717, 1.165) is 5.56 Å². The number of benzene rings is 2. The average molecular weight is 369 g/mol. The second kappa shape index (κ2) is 8.21. The Morgan fingerprint density at radius 2 is 1.69 bits per heavy atom. The summed E-state index contributed by atoms with van der Waals surface area (Å²) in [6, 6.07) is 16.5. The molecule has 0 aliphatic carbocycles. The zero-order chi connectivity index (χ0) is 18.5. The molecule has 1 aliphatic heterocycles. The molecule has 2 aromatic carbocycles. The van der Waals surface area contributed by atoms with Crippen molar-refractivity contribution in [1.82, 2.24) is 4.90 Å². The van der Waals surface area contributed by atoms with Gasteiger partial charge in [0.05, 0.1) is 30.7 Å². The predicted molar refractivity (Wildman–Crippen MR) is 101 cm³/mol. The molecular weight excluding hydrogens is 350 g/mol. The van der Waals surface area contributed by atoms with Crippen molar-refractivity contribution in [2.75, 3.05) is 19.5 Å². The van der Waals surface area contributed by atoms with Crippen LogP contribution < -0.4 is 4.74 Å². The van der Waals surface area contributed by atoms with Gasteiger partial charge >= 0.3 is 0 Å². The number of rotatable bonds is 7. The SMILES string of the molecule is COc1ccccc1C1=C(SCCO)C(=O)N(Cc2ccccc2)C1=O. The molecule has 0 saturated heterocycles. The molecule has 6 heteroatoms. The van der Waals surface area contributed by atoms with Crippen molar-refractivity contribution >= 4 is 29.1 Å². The van der Waals surface area contributed by atoms with Gasteiger partial charge in [-0.25, -0.2) is 0 Å². The van der Waals surface area contributed by atoms with Gasteiger partial charge in [-0.1, -0.05) is 48.5 Å². The van der Waals surface area contributed by atoms with Crippen LogP contribution in [0.3, 0.4) is 0 Å². The number of nitrogens with zero attached hydrogens (tertiary/aromatic N) is 1. The summed E-state index contributed by atoms with van der Waals surface area (Å²) in [4.78, 5) is 27.6. The minimum atomic E-state index is -0.344. The van der Waals surface area contributed by atoms with Gasteiger partial charge < -0.3 is 9.84 Å². The number of aliphatic hydroxyl groups excluding tert-OH is 1. The molecule has 5 nitrogen and oxygen atoms in total. The van der Waals surface area contributed by atoms with E-state index in [4.69, 9.17) is 9.84 Å². The van der Waals surface area contributed by atoms with Gasteiger partial charge in [0.2, 0.25) is 0 Å². The molecule has 0 unspecified atom stereocenters. The Morgan fingerprint density at radius 3 is 2.38 bits per heavy atom. The normalized spacial score (nSPS) is 14.3. The molecule has 3 rings (SSSR count). The number of ether oxygens (including phenoxy) is 1. The van der Waals surface area contributed by atoms with Gasteiger partial charge in [0.25, 0.3) is 11.8 Å². The van der Waals surface area contributed by atoms with Crippen LogP contribution in [0.1, 0.15) is 11.1 Å². The first-order chi connectivity index (χ1) is 12.7. The van der Waals surface area contributed by atoms with E-state index < -0.39 is 0 Å². The fourth-order valence-corrected chi connectivity index (χ4v) is 3.70. The van der Waals surface area contributed by atoms with Gasteiger partial charge in [0, 0.05) is 11.3 Å². The number of hydrogen-bond acceptors (Lipinski definition) is 5. The molecule has 0 spiro atoms. The summed E-state index contributed by atoms with van der Waals surface area (Å²) in [5.41, 5.74) is 1.80. The van der Waals surface area contributed by atoms with Crippen LogP contribution in [0.2, 0.25) is 0 Å². The fraction of sp³-hybridized carbons (Fsp3) is 0.200. The summed E-state index contributed by atoms with van der Waals surface area (Å²) >= 11 is 1.19. The minimum Gasteiger partial charge on any atom is -0.496 e. The monoisotopic (exact) mass is 369 g/mol. The molecule has 0 fully saturated rings. The van der Waals surface area contributed by atoms with Crippen molar-refractivity contribution in [1.29, 1.82) is 0 Å². The lowest BCUT2D eigenvalue weighted by molar-refractivity contribution is -0.137. The van der Waals surface area contributed by atoms with Gasteiger partial charge in [0.1, 0.15) is 5.75 Å². The Labute approximate surface area is 156 Å². The molecular formula is C20H19NO4S. The summed E-state index contributed by atoms with van der Waals surface area (Å²) in [5, 5.41) is 9.16. The number of methoxy groups -OCH3 is 1. The number of para-hydroxylation sites is 1. The first-order valence-electron chi connectivity index (χ1n) is 8.18. The van der Waals surface area contributed by atoms with Gasteiger partial charge in [0.15, 0.2) is 0 Å². The van der Waals surface area contributed by atoms with E-state index in [9.17, 15) is 9.59 Å². The zero-order valence-corrected chi connectivity index (χ0v) is 15.2. The van der Waals surface area contributed by atoms with Crippen molar-refractivity contribution in [2.24, 2.45) is 0 Å². The van der Waals surface area contributed by atoms with Crippen molar-refractivity contribution in [3.8, 4) is 5.75 Å². The molecule has 26 heavy (non-hydrogen) atoms. The molecule has 0 radical (unpaired) electrons. The second-order valence-corrected chi connectivity index (χ2v) is 6.76. The average Bonchev–Trinajstić information content (AvgIpc) is 2.91. The lowest BCUT2D eigenvalue weighted by Crippen LogP contribution is -2.31. The van der Waals surface area contributed by atoms with Crippen LogP contribution >= 0.6 is 11.8 Å². The third kappa shape index (κ3) is 3.52. The third-order valence-electron chi connectivity index (χ3n) is 4.02. The van der Waals surface area contributed by atoms with Gasteiger partial charge in [-0.15, -0.1) is 11.8 Å². The first-order valence-corrected chi connectivity index (χ1v) is 9.17. The number of thioether (sulfide) groups is 1. The van der Waals surface area contributed by atoms with Crippen LogP contribution in [0.25, 0.3) is 5.57 Å². The zero-order valence-electron chi connectivity index (χ0n) is 14.3. The highest BCUT2D eigenvalue weighted by Gasteiger charge is 2.39. The summed E-state index contributed by atoms with van der Waals surface area (Å²) < 4.78 is 5.37. The summed E-state index contributed by atoms with van der Waals surface area (Å²) in [7, 11) is 1.53. The molecule has 0 bridgehead atoms. The van der Waals surface area contributed by atoms with E-state index in [1.54, 1.807) is 18.2 Å². The van der Waals surface area contributed by atoms with Crippen molar-refractivity contribution in [3.05, 3.63) is 70.6 Å². The number of imide groups is 1. The Bertz CT molecular complexity index is 848. The molecule has 1 aliphatic rings. The number of carbonyl (C=O) groups is 2. The van der Waals surface area contributed by atoms with Crippen LogP contribution in [0.5, 0.6) is 5.75 Å². The largest absolute Gasteiger partial charge is 0.496 e. The van der Waals surface area contributed by atoms with Crippen LogP contribution in [-0.4, -0.2) is 41.3 Å². The molecule has 134 valence electrons. The highest BCUT2D eigenvalue weighted by Crippen LogP contribution is 2.39. The maximum absolute atomic E-state index is 13.1. The fourth-order valence-electron chi connectivity index (χ4n) is 2.83. The Hall–Kier alpha value is -2.57. The van der Waals surface area contributed by atoms with E-state index in [1.165, 1.54) is 23.8 Å². The van der Waals surface area contributed by atoms with Gasteiger partial charge in [-0.05, 0) is 11.6 Å². The lowest BCUT2D eigenvalue weighted by atomic mass is 10.0. The van der Waals surface area contributed by atoms with Crippen molar-refractivity contribution < 1.29 is 19.4 Å². The molecule has 0 aromatic heterocycles. The highest BCUT2D eigenvalue weighted by atomic mass is 32.2. The van der Waals surface area contributed by atoms with E-state index >= 15 is 0 Å². The predicted octanol–water partition coefficient (Wildman–Crippen LogP) is 2.70. The van der Waals surface area contributed by atoms with E-state index in [0.29, 0.717) is 27.5 Å². The lowest BCUT2D eigenvalue weighted by Gasteiger charge is -2.15. The number of aliphatic hydroxyl groups is 1. The summed E-state index contributed by atoms with van der Waals surface area (Å²) in [6.07, 6.45) is 0. The number of hydrogen-bond donors (Lipinski definition) is 1. The minimum absolute atomic E-state index is 0.0759. The molecule has 2 amide bonds. The van der Waals surface area contributed by atoms with E-state index in [1.807, 2.05) is 36.4 Å². The highest BCUT2D eigenvalue weighted by molar-refractivity contribution is 8.04. The summed E-state index contributed by atoms with van der Waals surface area (Å²) in [5.74, 6) is 0.195. The Kier molecular flexibility index (Phi) is 5.75. The number of amides is 2. The Balaban J connectivity index is 2.01. The van der Waals surface area contributed by atoms with Crippen molar-refractivity contribution in [2.45, 2.75) is 6.54 Å². The summed E-state index contributed by atoms with van der Waals surface area (Å²) in [6.45, 7) is 0.133. The van der Waals surface area contributed by atoms with Crippen molar-refractivity contribution in [3.63, 3.8) is 0 Å². The molecule has 1 heterocycles. The smallest absolute Gasteiger partial charge is 0.268 e. The number of carbonyl (C=O) groups excluding carboxylic acids is 2. The van der Waals surface area contributed by atoms with Crippen LogP contribution in [-0.2, 0) is 16.1 Å². The first kappa shape index (κ1) is 18.2.